The van der Waals surface area contributed by atoms with Gasteiger partial charge >= 0.3 is 0 Å². The van der Waals surface area contributed by atoms with Crippen molar-refractivity contribution in [2.75, 3.05) is 20.3 Å². The molecule has 19 heavy (non-hydrogen) atoms. The Balaban J connectivity index is 2.14. The standard InChI is InChI=1S/C13H15ClFN3O/c1-19-5-4-16-7-9-8-17-18-13(9)11-3-2-10(15)6-12(11)14/h2-3,6,8,16H,4-5,7H2,1H3,(H,17,18). The van der Waals surface area contributed by atoms with Crippen LogP contribution < -0.4 is 5.32 Å². The van der Waals surface area contributed by atoms with Crippen LogP contribution in [0.2, 0.25) is 5.02 Å². The summed E-state index contributed by atoms with van der Waals surface area (Å²) in [6.07, 6.45) is 1.73. The van der Waals surface area contributed by atoms with Crippen molar-refractivity contribution in [2.24, 2.45) is 0 Å². The van der Waals surface area contributed by atoms with Gasteiger partial charge in [-0.2, -0.15) is 5.10 Å². The zero-order chi connectivity index (χ0) is 13.7. The molecule has 0 fully saturated rings. The number of nitrogens with one attached hydrogen (secondary N) is 2. The molecule has 2 rings (SSSR count). The van der Waals surface area contributed by atoms with E-state index in [1.807, 2.05) is 0 Å². The summed E-state index contributed by atoms with van der Waals surface area (Å²) in [5, 5.41) is 10.5. The van der Waals surface area contributed by atoms with Crippen LogP contribution in [0.5, 0.6) is 0 Å². The third-order valence-electron chi connectivity index (χ3n) is 2.72. The fourth-order valence-corrected chi connectivity index (χ4v) is 2.03. The van der Waals surface area contributed by atoms with E-state index >= 15 is 0 Å². The molecule has 4 nitrogen and oxygen atoms in total. The van der Waals surface area contributed by atoms with Crippen molar-refractivity contribution in [2.45, 2.75) is 6.54 Å². The van der Waals surface area contributed by atoms with E-state index in [9.17, 15) is 4.39 Å². The van der Waals surface area contributed by atoms with Crippen molar-refractivity contribution in [1.82, 2.24) is 15.5 Å². The number of aromatic nitrogens is 2. The van der Waals surface area contributed by atoms with E-state index in [2.05, 4.69) is 15.5 Å². The summed E-state index contributed by atoms with van der Waals surface area (Å²) in [6, 6.07) is 4.31. The lowest BCUT2D eigenvalue weighted by atomic mass is 10.1. The minimum atomic E-state index is -0.354. The molecule has 0 aliphatic rings. The van der Waals surface area contributed by atoms with Crippen LogP contribution in [0.4, 0.5) is 4.39 Å². The van der Waals surface area contributed by atoms with Crippen LogP contribution in [0.1, 0.15) is 5.56 Å². The maximum atomic E-state index is 13.0. The summed E-state index contributed by atoms with van der Waals surface area (Å²) < 4.78 is 18.0. The number of rotatable bonds is 6. The Labute approximate surface area is 115 Å². The Hall–Kier alpha value is -1.43. The minimum Gasteiger partial charge on any atom is -0.383 e. The van der Waals surface area contributed by atoms with Gasteiger partial charge in [0, 0.05) is 31.3 Å². The Morgan fingerprint density at radius 1 is 1.47 bits per heavy atom. The monoisotopic (exact) mass is 283 g/mol. The average Bonchev–Trinajstić information content (AvgIpc) is 2.83. The second-order valence-corrected chi connectivity index (χ2v) is 4.47. The predicted molar refractivity (Wildman–Crippen MR) is 72.6 cm³/mol. The second kappa shape index (κ2) is 6.65. The van der Waals surface area contributed by atoms with Crippen molar-refractivity contribution in [3.05, 3.63) is 40.8 Å². The highest BCUT2D eigenvalue weighted by Gasteiger charge is 2.11. The molecule has 0 bridgehead atoms. The van der Waals surface area contributed by atoms with E-state index in [-0.39, 0.29) is 5.82 Å². The molecule has 0 saturated carbocycles. The molecule has 0 aliphatic carbocycles. The fourth-order valence-electron chi connectivity index (χ4n) is 1.77. The van der Waals surface area contributed by atoms with Gasteiger partial charge in [-0.25, -0.2) is 4.39 Å². The largest absolute Gasteiger partial charge is 0.383 e. The fraction of sp³-hybridized carbons (Fsp3) is 0.308. The van der Waals surface area contributed by atoms with Gasteiger partial charge in [-0.05, 0) is 18.2 Å². The van der Waals surface area contributed by atoms with Crippen LogP contribution in [0.15, 0.2) is 24.4 Å². The van der Waals surface area contributed by atoms with Crippen LogP contribution in [-0.2, 0) is 11.3 Å². The number of hydrogen-bond donors (Lipinski definition) is 2. The topological polar surface area (TPSA) is 49.9 Å². The van der Waals surface area contributed by atoms with Gasteiger partial charge in [-0.1, -0.05) is 11.6 Å². The summed E-state index contributed by atoms with van der Waals surface area (Å²) in [4.78, 5) is 0. The molecule has 0 radical (unpaired) electrons. The smallest absolute Gasteiger partial charge is 0.124 e. The van der Waals surface area contributed by atoms with Gasteiger partial charge in [0.05, 0.1) is 23.5 Å². The van der Waals surface area contributed by atoms with Gasteiger partial charge in [-0.15, -0.1) is 0 Å². The van der Waals surface area contributed by atoms with Crippen LogP contribution in [0.3, 0.4) is 0 Å². The van der Waals surface area contributed by atoms with Gasteiger partial charge in [0.2, 0.25) is 0 Å². The minimum absolute atomic E-state index is 0.354. The second-order valence-electron chi connectivity index (χ2n) is 4.06. The Kier molecular flexibility index (Phi) is 4.90. The van der Waals surface area contributed by atoms with E-state index in [0.29, 0.717) is 18.2 Å². The molecule has 1 aromatic heterocycles. The van der Waals surface area contributed by atoms with E-state index in [0.717, 1.165) is 23.4 Å². The molecule has 2 N–H and O–H groups in total. The number of methoxy groups -OCH3 is 1. The Morgan fingerprint density at radius 3 is 3.05 bits per heavy atom. The molecule has 6 heteroatoms. The highest BCUT2D eigenvalue weighted by molar-refractivity contribution is 6.33. The maximum absolute atomic E-state index is 13.0. The molecular weight excluding hydrogens is 269 g/mol. The summed E-state index contributed by atoms with van der Waals surface area (Å²) in [5.41, 5.74) is 2.52. The number of hydrogen-bond acceptors (Lipinski definition) is 3. The van der Waals surface area contributed by atoms with Crippen molar-refractivity contribution in [3.8, 4) is 11.3 Å². The molecule has 1 aromatic carbocycles. The van der Waals surface area contributed by atoms with Crippen LogP contribution in [0, 0.1) is 5.82 Å². The highest BCUT2D eigenvalue weighted by atomic mass is 35.5. The molecule has 1 heterocycles. The first-order valence-electron chi connectivity index (χ1n) is 5.89. The zero-order valence-corrected chi connectivity index (χ0v) is 11.3. The lowest BCUT2D eigenvalue weighted by Crippen LogP contribution is -2.18. The summed E-state index contributed by atoms with van der Waals surface area (Å²) in [6.45, 7) is 2.03. The predicted octanol–water partition coefficient (Wildman–Crippen LogP) is 2.61. The van der Waals surface area contributed by atoms with Crippen LogP contribution in [0.25, 0.3) is 11.3 Å². The molecule has 2 aromatic rings. The number of halogens is 2. The van der Waals surface area contributed by atoms with E-state index in [1.54, 1.807) is 19.4 Å². The van der Waals surface area contributed by atoms with Crippen molar-refractivity contribution in [3.63, 3.8) is 0 Å². The lowest BCUT2D eigenvalue weighted by molar-refractivity contribution is 0.199. The van der Waals surface area contributed by atoms with Gasteiger partial charge in [0.25, 0.3) is 0 Å². The number of ether oxygens (including phenoxy) is 1. The summed E-state index contributed by atoms with van der Waals surface area (Å²) in [5.74, 6) is -0.354. The van der Waals surface area contributed by atoms with Crippen molar-refractivity contribution in [1.29, 1.82) is 0 Å². The van der Waals surface area contributed by atoms with E-state index < -0.39 is 0 Å². The SMILES string of the molecule is COCCNCc1cn[nH]c1-c1ccc(F)cc1Cl. The number of aromatic amines is 1. The van der Waals surface area contributed by atoms with E-state index in [4.69, 9.17) is 16.3 Å². The zero-order valence-electron chi connectivity index (χ0n) is 10.5. The molecule has 102 valence electrons. The third kappa shape index (κ3) is 3.53. The van der Waals surface area contributed by atoms with Gasteiger partial charge in [-0.3, -0.25) is 5.10 Å². The first kappa shape index (κ1) is 14.0. The first-order chi connectivity index (χ1) is 9.22. The molecule has 0 atom stereocenters. The summed E-state index contributed by atoms with van der Waals surface area (Å²) >= 11 is 6.05. The van der Waals surface area contributed by atoms with Crippen LogP contribution in [-0.4, -0.2) is 30.5 Å². The maximum Gasteiger partial charge on any atom is 0.124 e. The highest BCUT2D eigenvalue weighted by Crippen LogP contribution is 2.29. The average molecular weight is 284 g/mol. The normalized spacial score (nSPS) is 10.9. The van der Waals surface area contributed by atoms with Gasteiger partial charge in [0.15, 0.2) is 0 Å². The quantitative estimate of drug-likeness (QED) is 0.801. The molecule has 0 amide bonds. The van der Waals surface area contributed by atoms with Crippen LogP contribution >= 0.6 is 11.6 Å². The summed E-state index contributed by atoms with van der Waals surface area (Å²) in [7, 11) is 1.66. The number of benzene rings is 1. The number of nitrogens with zero attached hydrogens (tertiary/aromatic N) is 1. The van der Waals surface area contributed by atoms with Gasteiger partial charge in [0.1, 0.15) is 5.82 Å². The molecule has 0 saturated heterocycles. The molecule has 0 unspecified atom stereocenters. The Bertz CT molecular complexity index is 544. The number of H-pyrrole nitrogens is 1. The molecular formula is C13H15ClFN3O. The lowest BCUT2D eigenvalue weighted by Gasteiger charge is -2.07. The van der Waals surface area contributed by atoms with E-state index in [1.165, 1.54) is 12.1 Å². The molecule has 0 spiro atoms. The third-order valence-corrected chi connectivity index (χ3v) is 3.03. The first-order valence-corrected chi connectivity index (χ1v) is 6.27. The van der Waals surface area contributed by atoms with Gasteiger partial charge < -0.3 is 10.1 Å². The Morgan fingerprint density at radius 2 is 2.32 bits per heavy atom. The molecule has 0 aliphatic heterocycles. The van der Waals surface area contributed by atoms with Crippen molar-refractivity contribution >= 4 is 11.6 Å². The van der Waals surface area contributed by atoms with Crippen molar-refractivity contribution < 1.29 is 9.13 Å².